The summed E-state index contributed by atoms with van der Waals surface area (Å²) in [5.74, 6) is 5.22. The molecule has 2 aromatic rings. The molecule has 18 heavy (non-hydrogen) atoms. The highest BCUT2D eigenvalue weighted by Gasteiger charge is 2.08. The van der Waals surface area contributed by atoms with Crippen molar-refractivity contribution < 1.29 is 9.90 Å². The van der Waals surface area contributed by atoms with Crippen LogP contribution in [-0.2, 0) is 0 Å². The van der Waals surface area contributed by atoms with Gasteiger partial charge >= 0.3 is 0 Å². The standard InChI is InChI=1S/C14H11NO2S/c16-9-3-6-11-5-1-2-7-12(11)15-14(17)13-8-4-10-18-13/h1-2,4-5,7-8,10,16H,9H2,(H,15,17). The molecule has 2 rings (SSSR count). The molecule has 0 bridgehead atoms. The number of aliphatic hydroxyl groups excluding tert-OH is 1. The Bertz CT molecular complexity index is 594. The van der Waals surface area contributed by atoms with Crippen molar-refractivity contribution in [2.75, 3.05) is 11.9 Å². The van der Waals surface area contributed by atoms with Crippen LogP contribution in [0.4, 0.5) is 5.69 Å². The number of rotatable bonds is 2. The van der Waals surface area contributed by atoms with E-state index in [4.69, 9.17) is 5.11 Å². The van der Waals surface area contributed by atoms with Crippen molar-refractivity contribution in [1.82, 2.24) is 0 Å². The molecule has 0 unspecified atom stereocenters. The van der Waals surface area contributed by atoms with Crippen LogP contribution in [0.3, 0.4) is 0 Å². The molecule has 0 aliphatic heterocycles. The lowest BCUT2D eigenvalue weighted by atomic mass is 10.2. The Kier molecular flexibility index (Phi) is 4.13. The fourth-order valence-corrected chi connectivity index (χ4v) is 2.05. The number of hydrogen-bond donors (Lipinski definition) is 2. The number of hydrogen-bond acceptors (Lipinski definition) is 3. The summed E-state index contributed by atoms with van der Waals surface area (Å²) >= 11 is 1.39. The fourth-order valence-electron chi connectivity index (χ4n) is 1.43. The van der Waals surface area contributed by atoms with E-state index >= 15 is 0 Å². The summed E-state index contributed by atoms with van der Waals surface area (Å²) in [5.41, 5.74) is 1.34. The molecule has 0 fully saturated rings. The van der Waals surface area contributed by atoms with E-state index in [0.29, 0.717) is 16.1 Å². The van der Waals surface area contributed by atoms with E-state index in [9.17, 15) is 4.79 Å². The zero-order valence-electron chi connectivity index (χ0n) is 9.51. The Labute approximate surface area is 109 Å². The van der Waals surface area contributed by atoms with Gasteiger partial charge in [-0.3, -0.25) is 4.79 Å². The van der Waals surface area contributed by atoms with Crippen LogP contribution in [0.5, 0.6) is 0 Å². The molecule has 0 atom stereocenters. The molecule has 0 radical (unpaired) electrons. The van der Waals surface area contributed by atoms with E-state index < -0.39 is 0 Å². The highest BCUT2D eigenvalue weighted by atomic mass is 32.1. The second-order valence-electron chi connectivity index (χ2n) is 3.44. The fraction of sp³-hybridized carbons (Fsp3) is 0.0714. The van der Waals surface area contributed by atoms with Crippen LogP contribution >= 0.6 is 11.3 Å². The quantitative estimate of drug-likeness (QED) is 0.811. The minimum Gasteiger partial charge on any atom is -0.384 e. The summed E-state index contributed by atoms with van der Waals surface area (Å²) in [5, 5.41) is 13.4. The van der Waals surface area contributed by atoms with Crippen molar-refractivity contribution in [2.45, 2.75) is 0 Å². The van der Waals surface area contributed by atoms with Crippen LogP contribution in [0.2, 0.25) is 0 Å². The monoisotopic (exact) mass is 257 g/mol. The van der Waals surface area contributed by atoms with E-state index in [1.165, 1.54) is 11.3 Å². The van der Waals surface area contributed by atoms with Gasteiger partial charge in [0.05, 0.1) is 10.6 Å². The number of para-hydroxylation sites is 1. The molecule has 3 nitrogen and oxygen atoms in total. The predicted octanol–water partition coefficient (Wildman–Crippen LogP) is 2.34. The minimum absolute atomic E-state index is 0.150. The Morgan fingerprint density at radius 3 is 2.83 bits per heavy atom. The summed E-state index contributed by atoms with van der Waals surface area (Å²) in [6, 6.07) is 10.8. The molecular formula is C14H11NO2S. The average molecular weight is 257 g/mol. The summed E-state index contributed by atoms with van der Waals surface area (Å²) in [6.07, 6.45) is 0. The normalized spacial score (nSPS) is 9.39. The first-order valence-corrected chi connectivity index (χ1v) is 6.23. The van der Waals surface area contributed by atoms with E-state index in [2.05, 4.69) is 17.2 Å². The molecule has 0 saturated heterocycles. The number of carbonyl (C=O) groups is 1. The second-order valence-corrected chi connectivity index (χ2v) is 4.38. The van der Waals surface area contributed by atoms with Crippen molar-refractivity contribution >= 4 is 22.9 Å². The maximum absolute atomic E-state index is 11.9. The SMILES string of the molecule is O=C(Nc1ccccc1C#CCO)c1cccs1. The second kappa shape index (κ2) is 6.01. The van der Waals surface area contributed by atoms with Gasteiger partial charge in [0.1, 0.15) is 6.61 Å². The highest BCUT2D eigenvalue weighted by molar-refractivity contribution is 7.12. The molecule has 1 aromatic heterocycles. The molecular weight excluding hydrogens is 246 g/mol. The van der Waals surface area contributed by atoms with E-state index in [0.717, 1.165) is 0 Å². The summed E-state index contributed by atoms with van der Waals surface area (Å²) in [7, 11) is 0. The molecule has 90 valence electrons. The molecule has 1 amide bonds. The third kappa shape index (κ3) is 2.98. The van der Waals surface area contributed by atoms with Gasteiger partial charge in [-0.15, -0.1) is 11.3 Å². The van der Waals surface area contributed by atoms with Crippen molar-refractivity contribution in [2.24, 2.45) is 0 Å². The summed E-state index contributed by atoms with van der Waals surface area (Å²) < 4.78 is 0. The predicted molar refractivity (Wildman–Crippen MR) is 72.7 cm³/mol. The molecule has 0 spiro atoms. The number of thiophene rings is 1. The van der Waals surface area contributed by atoms with Crippen molar-refractivity contribution in [1.29, 1.82) is 0 Å². The lowest BCUT2D eigenvalue weighted by molar-refractivity contribution is 0.103. The minimum atomic E-state index is -0.201. The number of aliphatic hydroxyl groups is 1. The smallest absolute Gasteiger partial charge is 0.265 e. The van der Waals surface area contributed by atoms with Gasteiger partial charge in [0, 0.05) is 5.56 Å². The lowest BCUT2D eigenvalue weighted by Crippen LogP contribution is -2.11. The van der Waals surface area contributed by atoms with E-state index in [1.807, 2.05) is 23.6 Å². The summed E-state index contributed by atoms with van der Waals surface area (Å²) in [4.78, 5) is 12.6. The molecule has 4 heteroatoms. The van der Waals surface area contributed by atoms with Crippen molar-refractivity contribution in [3.8, 4) is 11.8 Å². The van der Waals surface area contributed by atoms with Gasteiger partial charge in [0.15, 0.2) is 0 Å². The number of carbonyl (C=O) groups excluding carboxylic acids is 1. The van der Waals surface area contributed by atoms with Gasteiger partial charge in [-0.25, -0.2) is 0 Å². The van der Waals surface area contributed by atoms with Crippen molar-refractivity contribution in [3.05, 3.63) is 52.2 Å². The van der Waals surface area contributed by atoms with Crippen LogP contribution in [0, 0.1) is 11.8 Å². The maximum atomic E-state index is 11.9. The third-order valence-electron chi connectivity index (χ3n) is 2.22. The first kappa shape index (κ1) is 12.4. The zero-order chi connectivity index (χ0) is 12.8. The van der Waals surface area contributed by atoms with E-state index in [-0.39, 0.29) is 12.5 Å². The van der Waals surface area contributed by atoms with Gasteiger partial charge in [-0.05, 0) is 23.6 Å². The number of amides is 1. The van der Waals surface area contributed by atoms with Crippen LogP contribution in [0.25, 0.3) is 0 Å². The average Bonchev–Trinajstić information content (AvgIpc) is 2.91. The first-order valence-electron chi connectivity index (χ1n) is 5.35. The summed E-state index contributed by atoms with van der Waals surface area (Å²) in [6.45, 7) is -0.201. The number of nitrogens with one attached hydrogen (secondary N) is 1. The Hall–Kier alpha value is -2.09. The molecule has 1 aromatic carbocycles. The Morgan fingerprint density at radius 1 is 1.28 bits per heavy atom. The molecule has 0 saturated carbocycles. The van der Waals surface area contributed by atoms with Gasteiger partial charge < -0.3 is 10.4 Å². The van der Waals surface area contributed by atoms with Gasteiger partial charge in [0.25, 0.3) is 5.91 Å². The van der Waals surface area contributed by atoms with Crippen molar-refractivity contribution in [3.63, 3.8) is 0 Å². The highest BCUT2D eigenvalue weighted by Crippen LogP contribution is 2.16. The molecule has 0 aliphatic carbocycles. The zero-order valence-corrected chi connectivity index (χ0v) is 10.3. The number of anilines is 1. The Balaban J connectivity index is 2.21. The van der Waals surface area contributed by atoms with E-state index in [1.54, 1.807) is 18.2 Å². The van der Waals surface area contributed by atoms with Gasteiger partial charge in [-0.1, -0.05) is 30.0 Å². The third-order valence-corrected chi connectivity index (χ3v) is 3.09. The molecule has 1 heterocycles. The maximum Gasteiger partial charge on any atom is 0.265 e. The van der Waals surface area contributed by atoms with Crippen LogP contribution < -0.4 is 5.32 Å². The topological polar surface area (TPSA) is 49.3 Å². The van der Waals surface area contributed by atoms with Gasteiger partial charge in [-0.2, -0.15) is 0 Å². The molecule has 0 aliphatic rings. The molecule has 2 N–H and O–H groups in total. The lowest BCUT2D eigenvalue weighted by Gasteiger charge is -2.05. The number of benzene rings is 1. The van der Waals surface area contributed by atoms with Gasteiger partial charge in [0.2, 0.25) is 0 Å². The largest absolute Gasteiger partial charge is 0.384 e. The van der Waals surface area contributed by atoms with Crippen LogP contribution in [0.15, 0.2) is 41.8 Å². The van der Waals surface area contributed by atoms with Crippen LogP contribution in [-0.4, -0.2) is 17.6 Å². The van der Waals surface area contributed by atoms with Crippen LogP contribution in [0.1, 0.15) is 15.2 Å². The first-order chi connectivity index (χ1) is 8.81. The Morgan fingerprint density at radius 2 is 2.11 bits per heavy atom.